The summed E-state index contributed by atoms with van der Waals surface area (Å²) in [5, 5.41) is 0. The first-order chi connectivity index (χ1) is 5.20. The Morgan fingerprint density at radius 3 is 3.00 bits per heavy atom. The van der Waals surface area contributed by atoms with Crippen molar-refractivity contribution < 1.29 is 4.79 Å². The third-order valence-electron chi connectivity index (χ3n) is 1.92. The zero-order valence-electron chi connectivity index (χ0n) is 6.84. The van der Waals surface area contributed by atoms with E-state index in [4.69, 9.17) is 5.73 Å². The minimum absolute atomic E-state index is 0.146. The van der Waals surface area contributed by atoms with E-state index in [1.807, 2.05) is 11.0 Å². The number of rotatable bonds is 0. The van der Waals surface area contributed by atoms with E-state index in [-0.39, 0.29) is 5.91 Å². The van der Waals surface area contributed by atoms with E-state index in [1.165, 1.54) is 0 Å². The van der Waals surface area contributed by atoms with Crippen molar-refractivity contribution >= 4 is 5.91 Å². The van der Waals surface area contributed by atoms with E-state index in [0.717, 1.165) is 31.6 Å². The number of carbonyl (C=O) groups excluding carboxylic acids is 1. The average molecular weight is 154 g/mol. The van der Waals surface area contributed by atoms with Crippen molar-refractivity contribution in [1.29, 1.82) is 0 Å². The topological polar surface area (TPSA) is 46.3 Å². The normalized spacial score (nSPS) is 19.0. The van der Waals surface area contributed by atoms with Crippen molar-refractivity contribution in [2.45, 2.75) is 19.8 Å². The van der Waals surface area contributed by atoms with Crippen LogP contribution in [0.5, 0.6) is 0 Å². The molecule has 0 unspecified atom stereocenters. The van der Waals surface area contributed by atoms with E-state index in [2.05, 4.69) is 0 Å². The molecule has 0 fully saturated rings. The molecule has 0 spiro atoms. The zero-order chi connectivity index (χ0) is 8.27. The van der Waals surface area contributed by atoms with Gasteiger partial charge in [-0.3, -0.25) is 4.79 Å². The van der Waals surface area contributed by atoms with Crippen LogP contribution in [-0.4, -0.2) is 23.9 Å². The molecular formula is C8H14N2O. The lowest BCUT2D eigenvalue weighted by atomic mass is 10.3. The van der Waals surface area contributed by atoms with Crippen molar-refractivity contribution in [1.82, 2.24) is 4.90 Å². The van der Waals surface area contributed by atoms with Crippen molar-refractivity contribution in [3.63, 3.8) is 0 Å². The molecule has 3 nitrogen and oxygen atoms in total. The molecule has 0 aromatic carbocycles. The van der Waals surface area contributed by atoms with E-state index >= 15 is 0 Å². The summed E-state index contributed by atoms with van der Waals surface area (Å²) >= 11 is 0. The molecule has 0 saturated carbocycles. The van der Waals surface area contributed by atoms with Crippen molar-refractivity contribution in [2.24, 2.45) is 5.73 Å². The Morgan fingerprint density at radius 1 is 1.64 bits per heavy atom. The van der Waals surface area contributed by atoms with Crippen molar-refractivity contribution in [3.05, 3.63) is 11.8 Å². The Hall–Kier alpha value is -0.990. The number of carbonyl (C=O) groups is 1. The third kappa shape index (κ3) is 2.26. The predicted molar refractivity (Wildman–Crippen MR) is 43.8 cm³/mol. The van der Waals surface area contributed by atoms with Crippen molar-refractivity contribution in [3.8, 4) is 0 Å². The fourth-order valence-corrected chi connectivity index (χ4v) is 1.20. The number of amides is 1. The van der Waals surface area contributed by atoms with E-state index in [0.29, 0.717) is 0 Å². The summed E-state index contributed by atoms with van der Waals surface area (Å²) in [6, 6.07) is 0. The fourth-order valence-electron chi connectivity index (χ4n) is 1.20. The molecule has 1 heterocycles. The van der Waals surface area contributed by atoms with E-state index in [9.17, 15) is 4.79 Å². The van der Waals surface area contributed by atoms with Crippen LogP contribution in [0, 0.1) is 0 Å². The molecule has 0 bridgehead atoms. The van der Waals surface area contributed by atoms with E-state index < -0.39 is 0 Å². The lowest BCUT2D eigenvalue weighted by Crippen LogP contribution is -2.29. The number of nitrogens with two attached hydrogens (primary N) is 1. The molecule has 2 N–H and O–H groups in total. The number of hydrogen-bond donors (Lipinski definition) is 1. The standard InChI is InChI=1S/C8H14N2O/c1-7(11)10-5-2-3-8(9)4-6-10/h3H,2,4-6,9H2,1H3. The highest BCUT2D eigenvalue weighted by Gasteiger charge is 2.10. The first-order valence-electron chi connectivity index (χ1n) is 3.90. The van der Waals surface area contributed by atoms with Crippen molar-refractivity contribution in [2.75, 3.05) is 13.1 Å². The first-order valence-corrected chi connectivity index (χ1v) is 3.90. The molecular weight excluding hydrogens is 140 g/mol. The largest absolute Gasteiger partial charge is 0.402 e. The highest BCUT2D eigenvalue weighted by molar-refractivity contribution is 5.73. The van der Waals surface area contributed by atoms with Crippen LogP contribution in [0.15, 0.2) is 11.8 Å². The average Bonchev–Trinajstić information content (AvgIpc) is 2.13. The first kappa shape index (κ1) is 8.11. The van der Waals surface area contributed by atoms with Crippen LogP contribution in [0.3, 0.4) is 0 Å². The van der Waals surface area contributed by atoms with Gasteiger partial charge in [0.15, 0.2) is 0 Å². The Balaban J connectivity index is 2.47. The molecule has 1 amide bonds. The predicted octanol–water partition coefficient (Wildman–Crippen LogP) is 0.471. The minimum atomic E-state index is 0.146. The molecule has 0 aliphatic carbocycles. The van der Waals surface area contributed by atoms with Gasteiger partial charge in [0.2, 0.25) is 5.91 Å². The molecule has 0 atom stereocenters. The molecule has 1 aliphatic rings. The van der Waals surface area contributed by atoms with Crippen LogP contribution >= 0.6 is 0 Å². The lowest BCUT2D eigenvalue weighted by molar-refractivity contribution is -0.128. The monoisotopic (exact) mass is 154 g/mol. The lowest BCUT2D eigenvalue weighted by Gasteiger charge is -2.17. The molecule has 3 heteroatoms. The van der Waals surface area contributed by atoms with Gasteiger partial charge in [0.05, 0.1) is 0 Å². The summed E-state index contributed by atoms with van der Waals surface area (Å²) < 4.78 is 0. The number of hydrogen-bond acceptors (Lipinski definition) is 2. The Labute approximate surface area is 66.9 Å². The highest BCUT2D eigenvalue weighted by Crippen LogP contribution is 2.05. The second-order valence-corrected chi connectivity index (χ2v) is 2.82. The molecule has 1 rings (SSSR count). The molecule has 0 aromatic rings. The van der Waals surface area contributed by atoms with Crippen LogP contribution in [0.4, 0.5) is 0 Å². The molecule has 11 heavy (non-hydrogen) atoms. The Kier molecular flexibility index (Phi) is 2.52. The van der Waals surface area contributed by atoms with Gasteiger partial charge in [0, 0.05) is 32.1 Å². The molecule has 0 saturated heterocycles. The van der Waals surface area contributed by atoms with Gasteiger partial charge >= 0.3 is 0 Å². The van der Waals surface area contributed by atoms with Crippen LogP contribution in [0.2, 0.25) is 0 Å². The summed E-state index contributed by atoms with van der Waals surface area (Å²) in [6.07, 6.45) is 3.72. The maximum absolute atomic E-state index is 10.9. The summed E-state index contributed by atoms with van der Waals surface area (Å²) in [4.78, 5) is 12.7. The SMILES string of the molecule is CC(=O)N1CCC=C(N)CC1. The minimum Gasteiger partial charge on any atom is -0.402 e. The van der Waals surface area contributed by atoms with E-state index in [1.54, 1.807) is 6.92 Å². The third-order valence-corrected chi connectivity index (χ3v) is 1.92. The van der Waals surface area contributed by atoms with Crippen LogP contribution in [0.1, 0.15) is 19.8 Å². The van der Waals surface area contributed by atoms with Gasteiger partial charge in [-0.2, -0.15) is 0 Å². The maximum Gasteiger partial charge on any atom is 0.219 e. The van der Waals surface area contributed by atoms with Gasteiger partial charge in [0.1, 0.15) is 0 Å². The quantitative estimate of drug-likeness (QED) is 0.551. The van der Waals surface area contributed by atoms with Gasteiger partial charge in [-0.15, -0.1) is 0 Å². The maximum atomic E-state index is 10.9. The van der Waals surface area contributed by atoms with Crippen LogP contribution in [0.25, 0.3) is 0 Å². The van der Waals surface area contributed by atoms with Crippen LogP contribution in [-0.2, 0) is 4.79 Å². The van der Waals surface area contributed by atoms with Crippen LogP contribution < -0.4 is 5.73 Å². The summed E-state index contributed by atoms with van der Waals surface area (Å²) in [5.41, 5.74) is 6.53. The van der Waals surface area contributed by atoms with Gasteiger partial charge in [-0.25, -0.2) is 0 Å². The molecule has 0 aromatic heterocycles. The molecule has 62 valence electrons. The van der Waals surface area contributed by atoms with Gasteiger partial charge in [0.25, 0.3) is 0 Å². The molecule has 1 aliphatic heterocycles. The Morgan fingerprint density at radius 2 is 2.36 bits per heavy atom. The second kappa shape index (κ2) is 3.42. The Bertz CT molecular complexity index is 187. The molecule has 0 radical (unpaired) electrons. The van der Waals surface area contributed by atoms with Gasteiger partial charge < -0.3 is 10.6 Å². The smallest absolute Gasteiger partial charge is 0.219 e. The highest BCUT2D eigenvalue weighted by atomic mass is 16.2. The zero-order valence-corrected chi connectivity index (χ0v) is 6.84. The summed E-state index contributed by atoms with van der Waals surface area (Å²) in [6.45, 7) is 3.19. The second-order valence-electron chi connectivity index (χ2n) is 2.82. The number of nitrogens with zero attached hydrogens (tertiary/aromatic N) is 1. The van der Waals surface area contributed by atoms with Gasteiger partial charge in [-0.1, -0.05) is 6.08 Å². The summed E-state index contributed by atoms with van der Waals surface area (Å²) in [5.74, 6) is 0.146. The fraction of sp³-hybridized carbons (Fsp3) is 0.625. The summed E-state index contributed by atoms with van der Waals surface area (Å²) in [7, 11) is 0. The van der Waals surface area contributed by atoms with Gasteiger partial charge in [-0.05, 0) is 6.42 Å².